The van der Waals surface area contributed by atoms with Gasteiger partial charge in [0.25, 0.3) is 0 Å². The molecule has 0 aliphatic carbocycles. The molecule has 0 aromatic carbocycles. The Labute approximate surface area is 207 Å². The van der Waals surface area contributed by atoms with E-state index < -0.39 is 7.82 Å². The quantitative estimate of drug-likeness (QED) is 0.108. The molecule has 74 valence electrons. The molecule has 0 aromatic rings. The fourth-order valence-electron chi connectivity index (χ4n) is 0. The molecular weight excluding hydrogens is 308 g/mol. The van der Waals surface area contributed by atoms with Crippen LogP contribution in [0.15, 0.2) is 0 Å². The van der Waals surface area contributed by atoms with E-state index in [-0.39, 0.29) is 154 Å². The molecule has 0 radical (unpaired) electrons. The van der Waals surface area contributed by atoms with Gasteiger partial charge in [-0.3, -0.25) is 31.5 Å². The number of hydrogen-bond donors (Lipinski definition) is 6. The topological polar surface area (TPSA) is 208 Å². The van der Waals surface area contributed by atoms with Crippen molar-refractivity contribution in [1.29, 1.82) is 0 Å². The number of phosphoric acid groups is 1. The van der Waals surface area contributed by atoms with Crippen LogP contribution in [0.1, 0.15) is 0 Å². The standard InChI is InChI=1S/3K.H3O4P.3H2O2/c;;;1-5(2,3)4;3*1-2/h;;;(H3,1,2,3,4);3*1-2H/q3*+1;;;;/p-3. The number of rotatable bonds is 0. The molecule has 0 spiro atoms. The van der Waals surface area contributed by atoms with Crippen LogP contribution in [0.2, 0.25) is 0 Å². The first-order valence-corrected chi connectivity index (χ1v) is 2.79. The molecule has 0 heterocycles. The van der Waals surface area contributed by atoms with E-state index in [9.17, 15) is 0 Å². The van der Waals surface area contributed by atoms with Gasteiger partial charge in [-0.15, -0.1) is 0 Å². The predicted octanol–water partition coefficient (Wildman–Crippen LogP) is -11.8. The van der Waals surface area contributed by atoms with Gasteiger partial charge in [0.1, 0.15) is 0 Å². The first-order chi connectivity index (χ1) is 5.00. The zero-order valence-corrected chi connectivity index (χ0v) is 18.0. The molecule has 6 N–H and O–H groups in total. The molecule has 10 nitrogen and oxygen atoms in total. The summed E-state index contributed by atoms with van der Waals surface area (Å²) in [6.45, 7) is 0. The summed E-state index contributed by atoms with van der Waals surface area (Å²) in [7, 11) is -5.39. The second-order valence-electron chi connectivity index (χ2n) is 0.447. The van der Waals surface area contributed by atoms with Crippen LogP contribution in [0, 0.1) is 0 Å². The van der Waals surface area contributed by atoms with E-state index in [2.05, 4.69) is 0 Å². The summed E-state index contributed by atoms with van der Waals surface area (Å²) in [4.78, 5) is 25.6. The van der Waals surface area contributed by atoms with Gasteiger partial charge in [-0.1, -0.05) is 0 Å². The number of hydrogen-bond acceptors (Lipinski definition) is 10. The van der Waals surface area contributed by atoms with Crippen molar-refractivity contribution < 1.29 is 205 Å². The van der Waals surface area contributed by atoms with Crippen LogP contribution in [0.25, 0.3) is 0 Å². The zero-order valence-electron chi connectivity index (χ0n) is 7.76. The molecule has 0 saturated heterocycles. The van der Waals surface area contributed by atoms with Gasteiger partial charge in [-0.05, 0) is 0 Å². The SMILES string of the molecule is O=P([O-])([O-])[O-].OO.OO.OO.[K+].[K+].[K+]. The Hall–Kier alpha value is 4.78. The van der Waals surface area contributed by atoms with Crippen LogP contribution >= 0.6 is 7.82 Å². The Balaban J connectivity index is -0.00000000972. The van der Waals surface area contributed by atoms with Crippen molar-refractivity contribution in [2.24, 2.45) is 0 Å². The second kappa shape index (κ2) is 43.1. The summed E-state index contributed by atoms with van der Waals surface area (Å²) in [6.07, 6.45) is 0. The van der Waals surface area contributed by atoms with E-state index >= 15 is 0 Å². The van der Waals surface area contributed by atoms with Crippen molar-refractivity contribution in [1.82, 2.24) is 0 Å². The van der Waals surface area contributed by atoms with Gasteiger partial charge in [0, 0.05) is 0 Å². The average molecular weight is 314 g/mol. The van der Waals surface area contributed by atoms with E-state index in [0.29, 0.717) is 0 Å². The van der Waals surface area contributed by atoms with Crippen LogP contribution in [-0.4, -0.2) is 31.5 Å². The van der Waals surface area contributed by atoms with E-state index in [0.717, 1.165) is 0 Å². The van der Waals surface area contributed by atoms with Gasteiger partial charge < -0.3 is 19.2 Å². The second-order valence-corrected chi connectivity index (χ2v) is 1.34. The molecule has 0 rings (SSSR count). The molecule has 0 amide bonds. The monoisotopic (exact) mass is 314 g/mol. The molecule has 0 unspecified atom stereocenters. The molecule has 0 aromatic heterocycles. The third-order valence-electron chi connectivity index (χ3n) is 0. The Morgan fingerprint density at radius 2 is 0.643 bits per heavy atom. The van der Waals surface area contributed by atoms with Crippen molar-refractivity contribution >= 4 is 7.82 Å². The summed E-state index contributed by atoms with van der Waals surface area (Å²) in [5.74, 6) is 0. The first kappa shape index (κ1) is 42.8. The summed E-state index contributed by atoms with van der Waals surface area (Å²) < 4.78 is 8.55. The summed E-state index contributed by atoms with van der Waals surface area (Å²) in [5, 5.41) is 36.0. The predicted molar refractivity (Wildman–Crippen MR) is 23.4 cm³/mol. The molecule has 0 fully saturated rings. The summed E-state index contributed by atoms with van der Waals surface area (Å²) >= 11 is 0. The maximum atomic E-state index is 8.55. The molecule has 0 aliphatic rings. The Kier molecular flexibility index (Phi) is 132. The molecule has 0 saturated carbocycles. The minimum Gasteiger partial charge on any atom is -0.822 e. The minimum absolute atomic E-state index is 0. The average Bonchev–Trinajstić information content (AvgIpc) is 1.96. The first-order valence-electron chi connectivity index (χ1n) is 1.33. The third-order valence-corrected chi connectivity index (χ3v) is 0. The van der Waals surface area contributed by atoms with Crippen LogP contribution in [0.5, 0.6) is 0 Å². The van der Waals surface area contributed by atoms with E-state index in [4.69, 9.17) is 50.8 Å². The van der Waals surface area contributed by atoms with Gasteiger partial charge in [-0.25, -0.2) is 0 Å². The summed E-state index contributed by atoms with van der Waals surface area (Å²) in [6, 6.07) is 0. The Morgan fingerprint density at radius 3 is 0.643 bits per heavy atom. The fraction of sp³-hybridized carbons (Fsp3) is 0. The molecule has 0 atom stereocenters. The zero-order chi connectivity index (χ0) is 10.5. The summed E-state index contributed by atoms with van der Waals surface area (Å²) in [5.41, 5.74) is 0. The van der Waals surface area contributed by atoms with Crippen molar-refractivity contribution in [2.45, 2.75) is 0 Å². The van der Waals surface area contributed by atoms with Gasteiger partial charge in [0.15, 0.2) is 0 Å². The van der Waals surface area contributed by atoms with Crippen LogP contribution in [-0.2, 0) is 4.57 Å². The molecule has 0 aliphatic heterocycles. The van der Waals surface area contributed by atoms with Gasteiger partial charge in [-0.2, -0.15) is 7.82 Å². The minimum atomic E-state index is -5.39. The Morgan fingerprint density at radius 1 is 0.643 bits per heavy atom. The maximum Gasteiger partial charge on any atom is 1.00 e. The molecular formula is H6K3O10P. The Bertz CT molecular complexity index is 61.5. The van der Waals surface area contributed by atoms with Crippen molar-refractivity contribution in [3.05, 3.63) is 0 Å². The van der Waals surface area contributed by atoms with Gasteiger partial charge in [0.2, 0.25) is 0 Å². The van der Waals surface area contributed by atoms with Crippen molar-refractivity contribution in [2.75, 3.05) is 0 Å². The maximum absolute atomic E-state index is 8.55. The van der Waals surface area contributed by atoms with E-state index in [1.807, 2.05) is 0 Å². The van der Waals surface area contributed by atoms with Crippen LogP contribution < -0.4 is 169 Å². The third kappa shape index (κ3) is 183. The largest absolute Gasteiger partial charge is 1.00 e. The normalized spacial score (nSPS) is 5.50. The fourth-order valence-corrected chi connectivity index (χ4v) is 0. The molecule has 14 heteroatoms. The van der Waals surface area contributed by atoms with Gasteiger partial charge in [0.05, 0.1) is 0 Å². The molecule has 14 heavy (non-hydrogen) atoms. The van der Waals surface area contributed by atoms with Crippen LogP contribution in [0.4, 0.5) is 0 Å². The van der Waals surface area contributed by atoms with E-state index in [1.54, 1.807) is 0 Å². The van der Waals surface area contributed by atoms with Crippen molar-refractivity contribution in [3.8, 4) is 0 Å². The molecule has 0 bridgehead atoms. The van der Waals surface area contributed by atoms with Gasteiger partial charge >= 0.3 is 154 Å². The van der Waals surface area contributed by atoms with Crippen molar-refractivity contribution in [3.63, 3.8) is 0 Å². The van der Waals surface area contributed by atoms with Crippen LogP contribution in [0.3, 0.4) is 0 Å². The van der Waals surface area contributed by atoms with E-state index in [1.165, 1.54) is 0 Å². The smallest absolute Gasteiger partial charge is 0.822 e.